The minimum Gasteiger partial charge on any atom is -1.00 e. The lowest BCUT2D eigenvalue weighted by atomic mass is 9.86. The quantitative estimate of drug-likeness (QED) is 0.841. The Morgan fingerprint density at radius 2 is 1.55 bits per heavy atom. The zero-order valence-electron chi connectivity index (χ0n) is 12.0. The van der Waals surface area contributed by atoms with E-state index in [1.54, 1.807) is 0 Å². The van der Waals surface area contributed by atoms with Crippen molar-refractivity contribution < 1.29 is 17.5 Å². The fraction of sp³-hybridized carbons (Fsp3) is 0.647. The van der Waals surface area contributed by atoms with Crippen LogP contribution in [0.5, 0.6) is 0 Å². The van der Waals surface area contributed by atoms with Gasteiger partial charge in [-0.3, -0.25) is 4.90 Å². The minimum absolute atomic E-state index is 0. The first-order valence-electron chi connectivity index (χ1n) is 7.81. The summed E-state index contributed by atoms with van der Waals surface area (Å²) in [6.45, 7) is 2.31. The summed E-state index contributed by atoms with van der Waals surface area (Å²) in [4.78, 5) is 2.54. The van der Waals surface area contributed by atoms with E-state index in [2.05, 4.69) is 35.2 Å². The average molecular weight is 295 g/mol. The fourth-order valence-electron chi connectivity index (χ4n) is 3.81. The van der Waals surface area contributed by atoms with Gasteiger partial charge in [0, 0.05) is 6.04 Å². The van der Waals surface area contributed by atoms with Crippen molar-refractivity contribution in [2.24, 2.45) is 0 Å². The molecule has 2 aliphatic rings. The summed E-state index contributed by atoms with van der Waals surface area (Å²) in [5, 5.41) is 10.2. The molecule has 2 atom stereocenters. The molecule has 1 N–H and O–H groups in total. The summed E-state index contributed by atoms with van der Waals surface area (Å²) >= 11 is 0. The van der Waals surface area contributed by atoms with E-state index in [0.29, 0.717) is 6.04 Å². The Balaban J connectivity index is 0.00000147. The van der Waals surface area contributed by atoms with Gasteiger partial charge in [0.2, 0.25) is 0 Å². The molecule has 1 aliphatic carbocycles. The molecule has 0 spiro atoms. The van der Waals surface area contributed by atoms with Gasteiger partial charge in [-0.2, -0.15) is 0 Å². The van der Waals surface area contributed by atoms with E-state index >= 15 is 0 Å². The van der Waals surface area contributed by atoms with Crippen molar-refractivity contribution in [2.45, 2.75) is 56.6 Å². The third kappa shape index (κ3) is 3.55. The van der Waals surface area contributed by atoms with Gasteiger partial charge in [-0.15, -0.1) is 0 Å². The van der Waals surface area contributed by atoms with Gasteiger partial charge in [0.05, 0.1) is 6.10 Å². The zero-order valence-corrected chi connectivity index (χ0v) is 12.8. The van der Waals surface area contributed by atoms with E-state index in [1.807, 2.05) is 0 Å². The van der Waals surface area contributed by atoms with E-state index in [4.69, 9.17) is 0 Å². The number of nitrogens with zero attached hydrogens (tertiary/aromatic N) is 1. The summed E-state index contributed by atoms with van der Waals surface area (Å²) in [6.07, 6.45) is 7.10. The minimum atomic E-state index is -0.0815. The molecule has 112 valence electrons. The van der Waals surface area contributed by atoms with Gasteiger partial charge in [-0.1, -0.05) is 43.2 Å². The maximum Gasteiger partial charge on any atom is 0.0695 e. The monoisotopic (exact) mass is 294 g/mol. The van der Waals surface area contributed by atoms with Crippen LogP contribution in [0.25, 0.3) is 0 Å². The van der Waals surface area contributed by atoms with Gasteiger partial charge in [-0.25, -0.2) is 0 Å². The summed E-state index contributed by atoms with van der Waals surface area (Å²) in [5.74, 6) is 0.721. The van der Waals surface area contributed by atoms with Gasteiger partial charge in [0.15, 0.2) is 0 Å². The van der Waals surface area contributed by atoms with Crippen LogP contribution in [-0.2, 0) is 0 Å². The molecule has 20 heavy (non-hydrogen) atoms. The summed E-state index contributed by atoms with van der Waals surface area (Å²) in [5.41, 5.74) is 1.49. The molecule has 0 bridgehead atoms. The van der Waals surface area contributed by atoms with Crippen molar-refractivity contribution in [3.05, 3.63) is 35.9 Å². The van der Waals surface area contributed by atoms with E-state index < -0.39 is 0 Å². The third-order valence-electron chi connectivity index (χ3n) is 4.96. The van der Waals surface area contributed by atoms with E-state index in [-0.39, 0.29) is 18.5 Å². The van der Waals surface area contributed by atoms with Crippen molar-refractivity contribution in [1.82, 2.24) is 4.90 Å². The van der Waals surface area contributed by atoms with Crippen molar-refractivity contribution >= 4 is 0 Å². The Hall–Kier alpha value is -0.570. The molecule has 1 aromatic carbocycles. The smallest absolute Gasteiger partial charge is 0.0695 e. The van der Waals surface area contributed by atoms with Crippen molar-refractivity contribution in [1.29, 1.82) is 0 Å². The first-order valence-corrected chi connectivity index (χ1v) is 7.81. The Morgan fingerprint density at radius 3 is 2.20 bits per heavy atom. The number of halogens is 1. The molecule has 3 heteroatoms. The molecule has 3 rings (SSSR count). The Morgan fingerprint density at radius 1 is 0.900 bits per heavy atom. The molecule has 2 fully saturated rings. The second-order valence-corrected chi connectivity index (χ2v) is 6.14. The molecule has 1 saturated carbocycles. The predicted molar refractivity (Wildman–Crippen MR) is 78.3 cm³/mol. The Kier molecular flexibility index (Phi) is 5.88. The highest BCUT2D eigenvalue weighted by atomic mass is 35.5. The van der Waals surface area contributed by atoms with Gasteiger partial charge in [0.25, 0.3) is 0 Å². The topological polar surface area (TPSA) is 23.5 Å². The van der Waals surface area contributed by atoms with Crippen LogP contribution in [0.2, 0.25) is 0 Å². The van der Waals surface area contributed by atoms with Gasteiger partial charge in [-0.05, 0) is 50.3 Å². The van der Waals surface area contributed by atoms with Crippen LogP contribution in [-0.4, -0.2) is 35.2 Å². The lowest BCUT2D eigenvalue weighted by molar-refractivity contribution is -0.0000145. The molecule has 2 unspecified atom stereocenters. The number of aliphatic hydroxyl groups is 1. The maximum atomic E-state index is 10.2. The largest absolute Gasteiger partial charge is 1.00 e. The van der Waals surface area contributed by atoms with Crippen molar-refractivity contribution in [3.8, 4) is 0 Å². The molecule has 1 saturated heterocycles. The second-order valence-electron chi connectivity index (χ2n) is 6.14. The average Bonchev–Trinajstić information content (AvgIpc) is 2.49. The normalized spacial score (nSPS) is 28.9. The molecule has 1 aliphatic heterocycles. The van der Waals surface area contributed by atoms with Crippen LogP contribution in [0.15, 0.2) is 30.3 Å². The first kappa shape index (κ1) is 15.8. The van der Waals surface area contributed by atoms with Crippen LogP contribution >= 0.6 is 0 Å². The molecule has 2 nitrogen and oxygen atoms in total. The van der Waals surface area contributed by atoms with Gasteiger partial charge >= 0.3 is 0 Å². The number of rotatable bonds is 2. The standard InChI is InChI=1S/C17H25NO.ClH/c19-17-9-5-4-8-16(17)18-12-10-15(11-13-18)14-6-2-1-3-7-14;/h1-3,6-7,15-17,19H,4-5,8-13H2;1H/p-1. The highest BCUT2D eigenvalue weighted by Crippen LogP contribution is 2.31. The number of likely N-dealkylation sites (tertiary alicyclic amines) is 1. The van der Waals surface area contributed by atoms with Crippen molar-refractivity contribution in [3.63, 3.8) is 0 Å². The molecule has 0 aromatic heterocycles. The molecular weight excluding hydrogens is 270 g/mol. The zero-order chi connectivity index (χ0) is 13.1. The first-order chi connectivity index (χ1) is 9.34. The van der Waals surface area contributed by atoms with Crippen LogP contribution in [0.3, 0.4) is 0 Å². The molecular formula is C17H25ClNO-. The highest BCUT2D eigenvalue weighted by molar-refractivity contribution is 5.20. The van der Waals surface area contributed by atoms with Crippen LogP contribution in [0, 0.1) is 0 Å². The van der Waals surface area contributed by atoms with Crippen molar-refractivity contribution in [2.75, 3.05) is 13.1 Å². The number of benzene rings is 1. The lowest BCUT2D eigenvalue weighted by Crippen LogP contribution is -3.00. The highest BCUT2D eigenvalue weighted by Gasteiger charge is 2.31. The maximum absolute atomic E-state index is 10.2. The fourth-order valence-corrected chi connectivity index (χ4v) is 3.81. The Labute approximate surface area is 128 Å². The molecule has 1 aromatic rings. The number of aliphatic hydroxyl groups excluding tert-OH is 1. The van der Waals surface area contributed by atoms with Gasteiger partial charge in [0.1, 0.15) is 0 Å². The Bertz CT molecular complexity index is 389. The molecule has 1 heterocycles. The number of hydrogen-bond acceptors (Lipinski definition) is 2. The van der Waals surface area contributed by atoms with E-state index in [9.17, 15) is 5.11 Å². The second kappa shape index (κ2) is 7.44. The van der Waals surface area contributed by atoms with Crippen LogP contribution in [0.1, 0.15) is 50.0 Å². The number of piperidine rings is 1. The van der Waals surface area contributed by atoms with E-state index in [1.165, 1.54) is 37.7 Å². The van der Waals surface area contributed by atoms with Gasteiger partial charge < -0.3 is 17.5 Å². The number of hydrogen-bond donors (Lipinski definition) is 1. The summed E-state index contributed by atoms with van der Waals surface area (Å²) < 4.78 is 0. The summed E-state index contributed by atoms with van der Waals surface area (Å²) in [6, 6.07) is 11.3. The van der Waals surface area contributed by atoms with Crippen LogP contribution < -0.4 is 12.4 Å². The molecule has 0 radical (unpaired) electrons. The SMILES string of the molecule is OC1CCCCC1N1CCC(c2ccccc2)CC1.[Cl-]. The predicted octanol–water partition coefficient (Wildman–Crippen LogP) is 0.174. The molecule has 0 amide bonds. The summed E-state index contributed by atoms with van der Waals surface area (Å²) in [7, 11) is 0. The van der Waals surface area contributed by atoms with Crippen LogP contribution in [0.4, 0.5) is 0 Å². The lowest BCUT2D eigenvalue weighted by Gasteiger charge is -2.41. The van der Waals surface area contributed by atoms with E-state index in [0.717, 1.165) is 25.4 Å². The third-order valence-corrected chi connectivity index (χ3v) is 4.96.